The molecular formula is C16H30N4O. The van der Waals surface area contributed by atoms with Crippen LogP contribution in [-0.2, 0) is 17.7 Å². The fourth-order valence-electron chi connectivity index (χ4n) is 2.87. The van der Waals surface area contributed by atoms with Crippen LogP contribution in [0.3, 0.4) is 0 Å². The van der Waals surface area contributed by atoms with Gasteiger partial charge in [-0.15, -0.1) is 0 Å². The highest BCUT2D eigenvalue weighted by molar-refractivity contribution is 4.97. The number of rotatable bonds is 11. The van der Waals surface area contributed by atoms with E-state index in [0.717, 1.165) is 50.7 Å². The van der Waals surface area contributed by atoms with Crippen molar-refractivity contribution in [3.63, 3.8) is 0 Å². The Morgan fingerprint density at radius 3 is 2.76 bits per heavy atom. The summed E-state index contributed by atoms with van der Waals surface area (Å²) in [4.78, 5) is 4.46. The number of hydrogen-bond acceptors (Lipinski definition) is 4. The van der Waals surface area contributed by atoms with Gasteiger partial charge >= 0.3 is 0 Å². The molecule has 5 heteroatoms. The first-order chi connectivity index (χ1) is 10.3. The molecule has 2 atom stereocenters. The van der Waals surface area contributed by atoms with E-state index >= 15 is 0 Å². The molecule has 0 aliphatic heterocycles. The van der Waals surface area contributed by atoms with Crippen molar-refractivity contribution < 1.29 is 4.74 Å². The molecule has 0 spiro atoms. The molecule has 0 radical (unpaired) electrons. The van der Waals surface area contributed by atoms with Crippen LogP contribution in [-0.4, -0.2) is 40.1 Å². The van der Waals surface area contributed by atoms with Crippen molar-refractivity contribution in [3.05, 3.63) is 12.2 Å². The van der Waals surface area contributed by atoms with Gasteiger partial charge in [0.2, 0.25) is 0 Å². The van der Waals surface area contributed by atoms with Crippen molar-refractivity contribution in [1.82, 2.24) is 20.1 Å². The number of hydrogen-bond donors (Lipinski definition) is 1. The zero-order chi connectivity index (χ0) is 15.1. The number of nitrogens with one attached hydrogen (secondary N) is 1. The van der Waals surface area contributed by atoms with Gasteiger partial charge in [0, 0.05) is 25.6 Å². The summed E-state index contributed by atoms with van der Waals surface area (Å²) in [5, 5.41) is 8.02. The third kappa shape index (κ3) is 4.78. The Balaban J connectivity index is 2.05. The lowest BCUT2D eigenvalue weighted by atomic mass is 10.0. The van der Waals surface area contributed by atoms with Gasteiger partial charge in [-0.3, -0.25) is 4.68 Å². The highest BCUT2D eigenvalue weighted by Crippen LogP contribution is 2.36. The van der Waals surface area contributed by atoms with E-state index < -0.39 is 0 Å². The van der Waals surface area contributed by atoms with Crippen LogP contribution < -0.4 is 5.32 Å². The number of ether oxygens (including phenoxy) is 1. The van der Waals surface area contributed by atoms with Gasteiger partial charge in [0.05, 0.1) is 6.10 Å². The molecule has 1 fully saturated rings. The maximum absolute atomic E-state index is 6.05. The molecule has 1 N–H and O–H groups in total. The van der Waals surface area contributed by atoms with Crippen molar-refractivity contribution in [2.75, 3.05) is 13.2 Å². The van der Waals surface area contributed by atoms with Crippen molar-refractivity contribution >= 4 is 0 Å². The first kappa shape index (κ1) is 16.4. The molecule has 2 unspecified atom stereocenters. The topological polar surface area (TPSA) is 52.0 Å². The van der Waals surface area contributed by atoms with Crippen LogP contribution >= 0.6 is 0 Å². The smallest absolute Gasteiger partial charge is 0.138 e. The number of aryl methyl sites for hydroxylation is 1. The van der Waals surface area contributed by atoms with Crippen LogP contribution in [0.25, 0.3) is 0 Å². The maximum Gasteiger partial charge on any atom is 0.138 e. The normalized spacial score (nSPS) is 17.9. The van der Waals surface area contributed by atoms with Gasteiger partial charge in [0.25, 0.3) is 0 Å². The van der Waals surface area contributed by atoms with Gasteiger partial charge in [0.1, 0.15) is 12.2 Å². The first-order valence-electron chi connectivity index (χ1n) is 8.51. The molecule has 0 bridgehead atoms. The van der Waals surface area contributed by atoms with Crippen molar-refractivity contribution in [2.45, 2.75) is 71.6 Å². The summed E-state index contributed by atoms with van der Waals surface area (Å²) < 4.78 is 8.09. The Hall–Kier alpha value is -0.940. The van der Waals surface area contributed by atoms with E-state index in [0.29, 0.717) is 12.1 Å². The Bertz CT molecular complexity index is 403. The van der Waals surface area contributed by atoms with Gasteiger partial charge in [-0.25, -0.2) is 4.98 Å². The lowest BCUT2D eigenvalue weighted by Gasteiger charge is -2.28. The van der Waals surface area contributed by atoms with Gasteiger partial charge in [-0.05, 0) is 45.1 Å². The molecule has 1 aliphatic carbocycles. The molecular weight excluding hydrogens is 264 g/mol. The molecule has 0 amide bonds. The monoisotopic (exact) mass is 294 g/mol. The lowest BCUT2D eigenvalue weighted by molar-refractivity contribution is 0.0185. The Kier molecular flexibility index (Phi) is 6.64. The second kappa shape index (κ2) is 8.49. The van der Waals surface area contributed by atoms with Crippen LogP contribution in [0.15, 0.2) is 6.33 Å². The molecule has 1 aromatic heterocycles. The minimum Gasteiger partial charge on any atom is -0.377 e. The van der Waals surface area contributed by atoms with Gasteiger partial charge in [-0.1, -0.05) is 13.8 Å². The van der Waals surface area contributed by atoms with E-state index in [-0.39, 0.29) is 0 Å². The van der Waals surface area contributed by atoms with Crippen LogP contribution in [0, 0.1) is 5.92 Å². The summed E-state index contributed by atoms with van der Waals surface area (Å²) in [6, 6.07) is 0.345. The van der Waals surface area contributed by atoms with E-state index in [1.165, 1.54) is 12.8 Å². The summed E-state index contributed by atoms with van der Waals surface area (Å²) in [6.07, 6.45) is 7.72. The summed E-state index contributed by atoms with van der Waals surface area (Å²) in [5.74, 6) is 1.80. The standard InChI is InChI=1S/C16H30N4O/c1-4-9-17-14(16(21-6-3)13-7-8-13)11-15-18-12-19-20(15)10-5-2/h12-14,16-17H,4-11H2,1-3H3. The van der Waals surface area contributed by atoms with E-state index in [2.05, 4.69) is 36.2 Å². The first-order valence-corrected chi connectivity index (χ1v) is 8.51. The molecule has 2 rings (SSSR count). The highest BCUT2D eigenvalue weighted by Gasteiger charge is 2.37. The van der Waals surface area contributed by atoms with Crippen LogP contribution in [0.2, 0.25) is 0 Å². The fraction of sp³-hybridized carbons (Fsp3) is 0.875. The molecule has 0 saturated heterocycles. The predicted molar refractivity (Wildman–Crippen MR) is 84.2 cm³/mol. The predicted octanol–water partition coefficient (Wildman–Crippen LogP) is 2.41. The molecule has 1 heterocycles. The van der Waals surface area contributed by atoms with Gasteiger partial charge in [-0.2, -0.15) is 5.10 Å². The third-order valence-electron chi connectivity index (χ3n) is 4.03. The Morgan fingerprint density at radius 2 is 2.14 bits per heavy atom. The summed E-state index contributed by atoms with van der Waals surface area (Å²) in [6.45, 7) is 9.22. The van der Waals surface area contributed by atoms with Crippen molar-refractivity contribution in [3.8, 4) is 0 Å². The van der Waals surface area contributed by atoms with E-state index in [4.69, 9.17) is 4.74 Å². The van der Waals surface area contributed by atoms with E-state index in [1.807, 2.05) is 4.68 Å². The Morgan fingerprint density at radius 1 is 1.33 bits per heavy atom. The van der Waals surface area contributed by atoms with Crippen molar-refractivity contribution in [2.24, 2.45) is 5.92 Å². The van der Waals surface area contributed by atoms with E-state index in [1.54, 1.807) is 6.33 Å². The average Bonchev–Trinajstić information content (AvgIpc) is 3.23. The van der Waals surface area contributed by atoms with Crippen LogP contribution in [0.4, 0.5) is 0 Å². The summed E-state index contributed by atoms with van der Waals surface area (Å²) >= 11 is 0. The molecule has 1 aromatic rings. The lowest BCUT2D eigenvalue weighted by Crippen LogP contribution is -2.45. The van der Waals surface area contributed by atoms with Crippen LogP contribution in [0.5, 0.6) is 0 Å². The molecule has 120 valence electrons. The molecule has 5 nitrogen and oxygen atoms in total. The molecule has 1 saturated carbocycles. The molecule has 1 aliphatic rings. The molecule has 0 aromatic carbocycles. The second-order valence-corrected chi connectivity index (χ2v) is 5.92. The van der Waals surface area contributed by atoms with Crippen molar-refractivity contribution in [1.29, 1.82) is 0 Å². The summed E-state index contributed by atoms with van der Waals surface area (Å²) in [7, 11) is 0. The quantitative estimate of drug-likeness (QED) is 0.681. The fourth-order valence-corrected chi connectivity index (χ4v) is 2.87. The minimum atomic E-state index is 0.313. The van der Waals surface area contributed by atoms with Crippen LogP contribution in [0.1, 0.15) is 52.3 Å². The molecule has 21 heavy (non-hydrogen) atoms. The van der Waals surface area contributed by atoms with Gasteiger partial charge < -0.3 is 10.1 Å². The Labute approximate surface area is 128 Å². The zero-order valence-corrected chi connectivity index (χ0v) is 13.7. The second-order valence-electron chi connectivity index (χ2n) is 5.92. The zero-order valence-electron chi connectivity index (χ0n) is 13.7. The summed E-state index contributed by atoms with van der Waals surface area (Å²) in [5.41, 5.74) is 0. The average molecular weight is 294 g/mol. The number of nitrogens with zero attached hydrogens (tertiary/aromatic N) is 3. The SMILES string of the molecule is CCCNC(Cc1ncnn1CCC)C(OCC)C1CC1. The maximum atomic E-state index is 6.05. The number of aromatic nitrogens is 3. The minimum absolute atomic E-state index is 0.313. The largest absolute Gasteiger partial charge is 0.377 e. The highest BCUT2D eigenvalue weighted by atomic mass is 16.5. The third-order valence-corrected chi connectivity index (χ3v) is 4.03. The van der Waals surface area contributed by atoms with Gasteiger partial charge in [0.15, 0.2) is 0 Å². The van der Waals surface area contributed by atoms with E-state index in [9.17, 15) is 0 Å².